The Morgan fingerprint density at radius 1 is 1.00 bits per heavy atom. The van der Waals surface area contributed by atoms with Crippen molar-refractivity contribution in [2.24, 2.45) is 0 Å². The van der Waals surface area contributed by atoms with Crippen LogP contribution in [0, 0.1) is 6.92 Å². The van der Waals surface area contributed by atoms with Gasteiger partial charge in [-0.3, -0.25) is 4.79 Å². The van der Waals surface area contributed by atoms with Crippen LogP contribution in [0.3, 0.4) is 0 Å². The van der Waals surface area contributed by atoms with Gasteiger partial charge in [0.15, 0.2) is 0 Å². The molecule has 1 aromatic carbocycles. The van der Waals surface area contributed by atoms with Crippen molar-refractivity contribution in [2.45, 2.75) is 6.92 Å². The van der Waals surface area contributed by atoms with Crippen LogP contribution >= 0.6 is 0 Å². The van der Waals surface area contributed by atoms with Crippen molar-refractivity contribution in [1.29, 1.82) is 0 Å². The molecular formula is C18H20N4O2. The second kappa shape index (κ2) is 5.79. The molecule has 124 valence electrons. The van der Waals surface area contributed by atoms with Crippen LogP contribution in [-0.2, 0) is 0 Å². The van der Waals surface area contributed by atoms with Crippen LogP contribution in [0.4, 0.5) is 5.69 Å². The monoisotopic (exact) mass is 324 g/mol. The lowest BCUT2D eigenvalue weighted by Crippen LogP contribution is -2.44. The summed E-state index contributed by atoms with van der Waals surface area (Å²) in [6.45, 7) is 6.06. The molecule has 0 radical (unpaired) electrons. The lowest BCUT2D eigenvalue weighted by Gasteiger charge is -2.34. The summed E-state index contributed by atoms with van der Waals surface area (Å²) in [5, 5.41) is 0.542. The molecule has 0 spiro atoms. The Morgan fingerprint density at radius 3 is 2.33 bits per heavy atom. The van der Waals surface area contributed by atoms with Crippen LogP contribution in [0.25, 0.3) is 16.8 Å². The van der Waals surface area contributed by atoms with Crippen LogP contribution in [0.2, 0.25) is 0 Å². The summed E-state index contributed by atoms with van der Waals surface area (Å²) >= 11 is 0. The van der Waals surface area contributed by atoms with Gasteiger partial charge in [-0.15, -0.1) is 4.74 Å². The highest BCUT2D eigenvalue weighted by atomic mass is 16.5. The maximum Gasteiger partial charge on any atom is 0.297 e. The van der Waals surface area contributed by atoms with Crippen molar-refractivity contribution in [3.05, 3.63) is 52.4 Å². The molecule has 4 rings (SSSR count). The van der Waals surface area contributed by atoms with Crippen LogP contribution in [0.5, 0.6) is 0 Å². The number of hydrogen-bond acceptors (Lipinski definition) is 5. The van der Waals surface area contributed by atoms with E-state index in [4.69, 9.17) is 4.52 Å². The molecule has 3 heterocycles. The molecule has 0 saturated carbocycles. The number of nitrogens with zero attached hydrogens (tertiary/aromatic N) is 4. The smallest absolute Gasteiger partial charge is 0.297 e. The Morgan fingerprint density at radius 2 is 1.67 bits per heavy atom. The van der Waals surface area contributed by atoms with Crippen molar-refractivity contribution in [2.75, 3.05) is 38.1 Å². The van der Waals surface area contributed by atoms with Crippen LogP contribution < -0.4 is 10.5 Å². The number of hydrogen-bond donors (Lipinski definition) is 0. The fourth-order valence-corrected chi connectivity index (χ4v) is 3.13. The molecule has 0 N–H and O–H groups in total. The van der Waals surface area contributed by atoms with E-state index in [2.05, 4.69) is 21.8 Å². The Bertz CT molecular complexity index is 918. The first-order chi connectivity index (χ1) is 11.6. The fourth-order valence-electron chi connectivity index (χ4n) is 3.13. The molecule has 3 aromatic rings. The molecule has 6 heteroatoms. The van der Waals surface area contributed by atoms with E-state index in [0.29, 0.717) is 11.1 Å². The van der Waals surface area contributed by atoms with Crippen LogP contribution in [0.1, 0.15) is 5.56 Å². The van der Waals surface area contributed by atoms with Gasteiger partial charge in [-0.1, -0.05) is 0 Å². The van der Waals surface area contributed by atoms with Crippen molar-refractivity contribution in [1.82, 2.24) is 14.6 Å². The Labute approximate surface area is 139 Å². The van der Waals surface area contributed by atoms with E-state index in [-0.39, 0.29) is 5.56 Å². The second-order valence-electron chi connectivity index (χ2n) is 6.31. The molecule has 0 atom stereocenters. The van der Waals surface area contributed by atoms with Gasteiger partial charge in [0, 0.05) is 38.1 Å². The van der Waals surface area contributed by atoms with Gasteiger partial charge in [-0.25, -0.2) is 4.98 Å². The average Bonchev–Trinajstić information content (AvgIpc) is 2.94. The molecule has 1 fully saturated rings. The predicted octanol–water partition coefficient (Wildman–Crippen LogP) is 2.04. The molecule has 0 aliphatic carbocycles. The SMILES string of the molecule is Cc1ccnc2on(-c3ccc(N4CCN(C)CC4)cc3)c(=O)c12. The van der Waals surface area contributed by atoms with Gasteiger partial charge in [-0.05, 0) is 49.9 Å². The molecule has 0 unspecified atom stereocenters. The largest absolute Gasteiger partial charge is 0.369 e. The van der Waals surface area contributed by atoms with Crippen molar-refractivity contribution >= 4 is 16.8 Å². The van der Waals surface area contributed by atoms with Gasteiger partial charge in [0.2, 0.25) is 0 Å². The molecular weight excluding hydrogens is 304 g/mol. The molecule has 0 amide bonds. The number of rotatable bonds is 2. The van der Waals surface area contributed by atoms with Gasteiger partial charge in [0.25, 0.3) is 11.3 Å². The number of aromatic nitrogens is 2. The van der Waals surface area contributed by atoms with E-state index in [0.717, 1.165) is 37.4 Å². The van der Waals surface area contributed by atoms with Gasteiger partial charge >= 0.3 is 0 Å². The normalized spacial score (nSPS) is 16.0. The summed E-state index contributed by atoms with van der Waals surface area (Å²) in [5.41, 5.74) is 2.98. The number of piperazine rings is 1. The van der Waals surface area contributed by atoms with E-state index >= 15 is 0 Å². The maximum absolute atomic E-state index is 12.6. The summed E-state index contributed by atoms with van der Waals surface area (Å²) in [4.78, 5) is 21.4. The average molecular weight is 324 g/mol. The zero-order valence-corrected chi connectivity index (χ0v) is 13.9. The quantitative estimate of drug-likeness (QED) is 0.722. The number of fused-ring (bicyclic) bond motifs is 1. The Balaban J connectivity index is 1.67. The first-order valence-electron chi connectivity index (χ1n) is 8.15. The number of benzene rings is 1. The maximum atomic E-state index is 12.6. The molecule has 24 heavy (non-hydrogen) atoms. The summed E-state index contributed by atoms with van der Waals surface area (Å²) in [5.74, 6) is 0. The van der Waals surface area contributed by atoms with Crippen molar-refractivity contribution in [3.8, 4) is 5.69 Å². The summed E-state index contributed by atoms with van der Waals surface area (Å²) in [7, 11) is 2.14. The van der Waals surface area contributed by atoms with E-state index < -0.39 is 0 Å². The number of aryl methyl sites for hydroxylation is 1. The van der Waals surface area contributed by atoms with Crippen LogP contribution in [0.15, 0.2) is 45.8 Å². The predicted molar refractivity (Wildman–Crippen MR) is 94.1 cm³/mol. The van der Waals surface area contributed by atoms with E-state index in [1.165, 1.54) is 10.4 Å². The lowest BCUT2D eigenvalue weighted by molar-refractivity contribution is 0.313. The molecule has 0 bridgehead atoms. The second-order valence-corrected chi connectivity index (χ2v) is 6.31. The van der Waals surface area contributed by atoms with Crippen molar-refractivity contribution in [3.63, 3.8) is 0 Å². The third-order valence-electron chi connectivity index (χ3n) is 4.65. The Kier molecular flexibility index (Phi) is 3.61. The summed E-state index contributed by atoms with van der Waals surface area (Å²) in [6.07, 6.45) is 1.65. The lowest BCUT2D eigenvalue weighted by atomic mass is 10.2. The topological polar surface area (TPSA) is 54.5 Å². The van der Waals surface area contributed by atoms with E-state index in [1.54, 1.807) is 6.20 Å². The Hall–Kier alpha value is -2.60. The van der Waals surface area contributed by atoms with Gasteiger partial charge in [-0.2, -0.15) is 0 Å². The first kappa shape index (κ1) is 15.0. The highest BCUT2D eigenvalue weighted by Gasteiger charge is 2.16. The number of anilines is 1. The molecule has 2 aromatic heterocycles. The highest BCUT2D eigenvalue weighted by molar-refractivity contribution is 5.76. The van der Waals surface area contributed by atoms with E-state index in [9.17, 15) is 4.79 Å². The zero-order valence-electron chi connectivity index (χ0n) is 13.9. The standard InChI is InChI=1S/C18H20N4O2/c1-13-7-8-19-17-16(13)18(23)22(24-17)15-5-3-14(4-6-15)21-11-9-20(2)10-12-21/h3-8H,9-12H2,1-2H3. The van der Waals surface area contributed by atoms with Crippen LogP contribution in [-0.4, -0.2) is 47.9 Å². The van der Waals surface area contributed by atoms with Crippen molar-refractivity contribution < 1.29 is 4.52 Å². The third-order valence-corrected chi connectivity index (χ3v) is 4.65. The highest BCUT2D eigenvalue weighted by Crippen LogP contribution is 2.20. The number of likely N-dealkylation sites (N-methyl/N-ethyl adjacent to an activating group) is 1. The minimum absolute atomic E-state index is 0.164. The minimum Gasteiger partial charge on any atom is -0.369 e. The van der Waals surface area contributed by atoms with Gasteiger partial charge in [0.1, 0.15) is 5.39 Å². The van der Waals surface area contributed by atoms with Gasteiger partial charge < -0.3 is 14.3 Å². The zero-order chi connectivity index (χ0) is 16.7. The first-order valence-corrected chi connectivity index (χ1v) is 8.15. The minimum atomic E-state index is -0.164. The molecule has 1 saturated heterocycles. The van der Waals surface area contributed by atoms with Gasteiger partial charge in [0.05, 0.1) is 5.69 Å². The molecule has 6 nitrogen and oxygen atoms in total. The molecule has 1 aliphatic rings. The van der Waals surface area contributed by atoms with E-state index in [1.807, 2.05) is 37.3 Å². The summed E-state index contributed by atoms with van der Waals surface area (Å²) < 4.78 is 6.96. The fraction of sp³-hybridized carbons (Fsp3) is 0.333. The number of pyridine rings is 1. The summed E-state index contributed by atoms with van der Waals surface area (Å²) in [6, 6.07) is 9.75. The molecule has 1 aliphatic heterocycles. The third kappa shape index (κ3) is 2.49.